The predicted molar refractivity (Wildman–Crippen MR) is 112 cm³/mol. The number of carbonyl (C=O) groups excluding carboxylic acids is 1. The van der Waals surface area contributed by atoms with Crippen molar-refractivity contribution in [3.8, 4) is 0 Å². The summed E-state index contributed by atoms with van der Waals surface area (Å²) >= 11 is 5.80. The Morgan fingerprint density at radius 1 is 1.13 bits per heavy atom. The third-order valence-corrected chi connectivity index (χ3v) is 5.45. The average Bonchev–Trinajstić information content (AvgIpc) is 3.40. The predicted octanol–water partition coefficient (Wildman–Crippen LogP) is 6.27. The van der Waals surface area contributed by atoms with Gasteiger partial charge in [0.1, 0.15) is 5.76 Å². The number of aromatic amines is 1. The maximum absolute atomic E-state index is 13.4. The van der Waals surface area contributed by atoms with Crippen LogP contribution in [0.25, 0.3) is 10.9 Å². The molecule has 4 aromatic rings. The lowest BCUT2D eigenvalue weighted by Gasteiger charge is -2.19. The van der Waals surface area contributed by atoms with Gasteiger partial charge in [-0.1, -0.05) is 35.9 Å². The number of carbonyl (C=O) groups is 1. The van der Waals surface area contributed by atoms with Crippen LogP contribution >= 0.6 is 11.6 Å². The van der Waals surface area contributed by atoms with Gasteiger partial charge in [0, 0.05) is 29.4 Å². The highest BCUT2D eigenvalue weighted by Crippen LogP contribution is 2.39. The van der Waals surface area contributed by atoms with Gasteiger partial charge in [-0.15, -0.1) is 0 Å². The van der Waals surface area contributed by atoms with Crippen molar-refractivity contribution in [2.75, 3.05) is 0 Å². The smallest absolute Gasteiger partial charge is 0.417 e. The maximum Gasteiger partial charge on any atom is 0.417 e. The van der Waals surface area contributed by atoms with Gasteiger partial charge in [0.25, 0.3) is 0 Å². The van der Waals surface area contributed by atoms with Crippen molar-refractivity contribution in [2.45, 2.75) is 25.1 Å². The molecule has 0 fully saturated rings. The van der Waals surface area contributed by atoms with Crippen LogP contribution in [0.5, 0.6) is 0 Å². The van der Waals surface area contributed by atoms with E-state index in [0.29, 0.717) is 11.3 Å². The zero-order valence-corrected chi connectivity index (χ0v) is 16.9. The third kappa shape index (κ3) is 4.61. The number of rotatable bonds is 6. The number of furan rings is 1. The van der Waals surface area contributed by atoms with E-state index in [0.717, 1.165) is 22.5 Å². The molecule has 0 spiro atoms. The standard InChI is InChI=1S/C23H18ClF3N2O2/c24-20-8-7-14(10-19(20)23(25,26)27)17(11-22(30)29-12-15-4-3-9-31-15)18-13-28-21-6-2-1-5-16(18)21/h1-10,13,17,28H,11-12H2,(H,29,30). The number of aromatic nitrogens is 1. The number of hydrogen-bond donors (Lipinski definition) is 2. The highest BCUT2D eigenvalue weighted by Gasteiger charge is 2.34. The lowest BCUT2D eigenvalue weighted by molar-refractivity contribution is -0.137. The monoisotopic (exact) mass is 446 g/mol. The highest BCUT2D eigenvalue weighted by atomic mass is 35.5. The summed E-state index contributed by atoms with van der Waals surface area (Å²) in [6.07, 6.45) is -1.40. The van der Waals surface area contributed by atoms with Gasteiger partial charge in [-0.25, -0.2) is 0 Å². The molecule has 0 bridgehead atoms. The summed E-state index contributed by atoms with van der Waals surface area (Å²) in [6.45, 7) is 0.195. The summed E-state index contributed by atoms with van der Waals surface area (Å²) in [5.74, 6) is -0.329. The second-order valence-corrected chi connectivity index (χ2v) is 7.55. The zero-order valence-electron chi connectivity index (χ0n) is 16.2. The van der Waals surface area contributed by atoms with E-state index in [9.17, 15) is 18.0 Å². The van der Waals surface area contributed by atoms with E-state index >= 15 is 0 Å². The first-order valence-electron chi connectivity index (χ1n) is 9.54. The van der Waals surface area contributed by atoms with Crippen molar-refractivity contribution >= 4 is 28.4 Å². The first-order chi connectivity index (χ1) is 14.8. The molecule has 1 amide bonds. The fraction of sp³-hybridized carbons (Fsp3) is 0.174. The molecule has 0 radical (unpaired) electrons. The SMILES string of the molecule is O=C(CC(c1ccc(Cl)c(C(F)(F)F)c1)c1c[nH]c2ccccc12)NCc1ccco1. The van der Waals surface area contributed by atoms with E-state index in [1.807, 2.05) is 24.3 Å². The number of hydrogen-bond acceptors (Lipinski definition) is 2. The number of alkyl halides is 3. The van der Waals surface area contributed by atoms with Crippen LogP contribution in [0.15, 0.2) is 71.5 Å². The van der Waals surface area contributed by atoms with E-state index in [1.54, 1.807) is 18.3 Å². The van der Waals surface area contributed by atoms with Crippen LogP contribution < -0.4 is 5.32 Å². The summed E-state index contributed by atoms with van der Waals surface area (Å²) in [5.41, 5.74) is 1.00. The molecule has 1 atom stereocenters. The molecule has 160 valence electrons. The Hall–Kier alpha value is -3.19. The van der Waals surface area contributed by atoms with E-state index in [2.05, 4.69) is 10.3 Å². The minimum Gasteiger partial charge on any atom is -0.467 e. The molecular weight excluding hydrogens is 429 g/mol. The van der Waals surface area contributed by atoms with Crippen LogP contribution in [0.3, 0.4) is 0 Å². The number of H-pyrrole nitrogens is 1. The maximum atomic E-state index is 13.4. The Morgan fingerprint density at radius 2 is 1.94 bits per heavy atom. The van der Waals surface area contributed by atoms with Gasteiger partial charge in [-0.2, -0.15) is 13.2 Å². The molecule has 8 heteroatoms. The van der Waals surface area contributed by atoms with Crippen molar-refractivity contribution in [1.29, 1.82) is 0 Å². The molecule has 2 aromatic carbocycles. The fourth-order valence-electron chi connectivity index (χ4n) is 3.62. The number of fused-ring (bicyclic) bond motifs is 1. The van der Waals surface area contributed by atoms with Crippen LogP contribution in [-0.4, -0.2) is 10.9 Å². The number of para-hydroxylation sites is 1. The van der Waals surface area contributed by atoms with Gasteiger partial charge < -0.3 is 14.7 Å². The molecule has 4 rings (SSSR count). The number of halogens is 4. The molecule has 0 aliphatic rings. The van der Waals surface area contributed by atoms with Gasteiger partial charge in [0.15, 0.2) is 0 Å². The molecule has 0 aliphatic carbocycles. The molecule has 1 unspecified atom stereocenters. The molecule has 4 nitrogen and oxygen atoms in total. The van der Waals surface area contributed by atoms with Crippen LogP contribution in [0.1, 0.15) is 34.8 Å². The zero-order chi connectivity index (χ0) is 22.0. The summed E-state index contributed by atoms with van der Waals surface area (Å²) in [6, 6.07) is 14.7. The quantitative estimate of drug-likeness (QED) is 0.366. The Bertz CT molecular complexity index is 1200. The van der Waals surface area contributed by atoms with Crippen LogP contribution in [-0.2, 0) is 17.5 Å². The normalized spacial score (nSPS) is 12.8. The number of nitrogens with one attached hydrogen (secondary N) is 2. The molecule has 0 aliphatic heterocycles. The summed E-state index contributed by atoms with van der Waals surface area (Å²) in [4.78, 5) is 15.8. The van der Waals surface area contributed by atoms with E-state index in [-0.39, 0.29) is 23.9 Å². The second-order valence-electron chi connectivity index (χ2n) is 7.14. The topological polar surface area (TPSA) is 58.0 Å². The molecule has 31 heavy (non-hydrogen) atoms. The summed E-state index contributed by atoms with van der Waals surface area (Å²) < 4.78 is 45.6. The Morgan fingerprint density at radius 3 is 2.68 bits per heavy atom. The molecule has 2 N–H and O–H groups in total. The second kappa shape index (κ2) is 8.51. The molecule has 2 aromatic heterocycles. The fourth-order valence-corrected chi connectivity index (χ4v) is 3.85. The highest BCUT2D eigenvalue weighted by molar-refractivity contribution is 6.31. The Kier molecular flexibility index (Phi) is 5.78. The largest absolute Gasteiger partial charge is 0.467 e. The van der Waals surface area contributed by atoms with Crippen molar-refractivity contribution in [3.63, 3.8) is 0 Å². The molecule has 0 saturated carbocycles. The number of amides is 1. The van der Waals surface area contributed by atoms with E-state index in [4.69, 9.17) is 16.0 Å². The number of benzene rings is 2. The molecular formula is C23H18ClF3N2O2. The summed E-state index contributed by atoms with van der Waals surface area (Å²) in [7, 11) is 0. The van der Waals surface area contributed by atoms with E-state index < -0.39 is 17.7 Å². The van der Waals surface area contributed by atoms with Crippen molar-refractivity contribution < 1.29 is 22.4 Å². The Balaban J connectivity index is 1.70. The minimum atomic E-state index is -4.60. The first-order valence-corrected chi connectivity index (χ1v) is 9.92. The van der Waals surface area contributed by atoms with Crippen molar-refractivity contribution in [3.05, 3.63) is 94.5 Å². The van der Waals surface area contributed by atoms with Gasteiger partial charge in [0.05, 0.1) is 23.4 Å². The van der Waals surface area contributed by atoms with Crippen LogP contribution in [0.4, 0.5) is 13.2 Å². The average molecular weight is 447 g/mol. The minimum absolute atomic E-state index is 0.0402. The van der Waals surface area contributed by atoms with Crippen LogP contribution in [0.2, 0.25) is 5.02 Å². The van der Waals surface area contributed by atoms with Crippen LogP contribution in [0, 0.1) is 0 Å². The van der Waals surface area contributed by atoms with E-state index in [1.165, 1.54) is 18.4 Å². The summed E-state index contributed by atoms with van der Waals surface area (Å²) in [5, 5.41) is 3.22. The van der Waals surface area contributed by atoms with Gasteiger partial charge >= 0.3 is 6.18 Å². The Labute approximate surface area is 181 Å². The lowest BCUT2D eigenvalue weighted by Crippen LogP contribution is -2.25. The van der Waals surface area contributed by atoms with Gasteiger partial charge in [-0.05, 0) is 41.5 Å². The van der Waals surface area contributed by atoms with Gasteiger partial charge in [-0.3, -0.25) is 4.79 Å². The first kappa shape index (κ1) is 21.1. The molecule has 2 heterocycles. The van der Waals surface area contributed by atoms with Crippen molar-refractivity contribution in [1.82, 2.24) is 10.3 Å². The molecule has 0 saturated heterocycles. The third-order valence-electron chi connectivity index (χ3n) is 5.12. The van der Waals surface area contributed by atoms with Crippen molar-refractivity contribution in [2.24, 2.45) is 0 Å². The van der Waals surface area contributed by atoms with Gasteiger partial charge in [0.2, 0.25) is 5.91 Å². The lowest BCUT2D eigenvalue weighted by atomic mass is 9.87.